The number of carbonyl (C=O) groups excluding carboxylic acids is 1. The van der Waals surface area contributed by atoms with Crippen LogP contribution in [0, 0.1) is 0 Å². The molecule has 4 nitrogen and oxygen atoms in total. The molecular weight excluding hydrogens is 192 g/mol. The summed E-state index contributed by atoms with van der Waals surface area (Å²) < 4.78 is 0. The van der Waals surface area contributed by atoms with Gasteiger partial charge in [-0.15, -0.1) is 0 Å². The molecule has 1 aliphatic carbocycles. The number of carbonyl (C=O) groups is 1. The molecule has 0 spiro atoms. The van der Waals surface area contributed by atoms with Crippen molar-refractivity contribution in [3.8, 4) is 0 Å². The topological polar surface area (TPSA) is 78.3 Å². The van der Waals surface area contributed by atoms with E-state index in [-0.39, 0.29) is 0 Å². The highest BCUT2D eigenvalue weighted by atomic mass is 16.7. The second-order valence-corrected chi connectivity index (χ2v) is 4.01. The van der Waals surface area contributed by atoms with Crippen molar-refractivity contribution < 1.29 is 9.63 Å². The molecule has 0 fully saturated rings. The van der Waals surface area contributed by atoms with Gasteiger partial charge in [-0.25, -0.2) is 4.79 Å². The number of nitrogens with two attached hydrogens (primary N) is 2. The van der Waals surface area contributed by atoms with Gasteiger partial charge in [0.1, 0.15) is 5.54 Å². The standard InChI is InChI=1S/C11H14N2O2/c12-11(10(14)15-13)6-5-8-3-1-2-4-9(8)7-11/h1-4H,5-7,12-13H2. The van der Waals surface area contributed by atoms with Crippen molar-refractivity contribution in [2.45, 2.75) is 24.8 Å². The number of fused-ring (bicyclic) bond motifs is 1. The van der Waals surface area contributed by atoms with Gasteiger partial charge in [-0.2, -0.15) is 5.90 Å². The molecule has 4 heteroatoms. The first kappa shape index (κ1) is 10.1. The zero-order valence-corrected chi connectivity index (χ0v) is 8.40. The molecule has 0 aromatic heterocycles. The Morgan fingerprint density at radius 2 is 2.00 bits per heavy atom. The summed E-state index contributed by atoms with van der Waals surface area (Å²) >= 11 is 0. The second-order valence-electron chi connectivity index (χ2n) is 4.01. The first-order valence-corrected chi connectivity index (χ1v) is 4.92. The molecule has 1 unspecified atom stereocenters. The summed E-state index contributed by atoms with van der Waals surface area (Å²) in [5, 5.41) is 0. The molecule has 0 amide bonds. The van der Waals surface area contributed by atoms with Gasteiger partial charge in [-0.1, -0.05) is 24.3 Å². The molecule has 15 heavy (non-hydrogen) atoms. The lowest BCUT2D eigenvalue weighted by atomic mass is 9.79. The van der Waals surface area contributed by atoms with E-state index >= 15 is 0 Å². The van der Waals surface area contributed by atoms with E-state index in [1.807, 2.05) is 18.2 Å². The molecule has 0 bridgehead atoms. The molecule has 0 saturated heterocycles. The smallest absolute Gasteiger partial charge is 0.344 e. The normalized spacial score (nSPS) is 24.4. The lowest BCUT2D eigenvalue weighted by Crippen LogP contribution is -2.53. The van der Waals surface area contributed by atoms with Crippen molar-refractivity contribution in [1.82, 2.24) is 0 Å². The predicted molar refractivity (Wildman–Crippen MR) is 55.7 cm³/mol. The maximum atomic E-state index is 11.4. The highest BCUT2D eigenvalue weighted by Gasteiger charge is 2.38. The molecule has 1 aromatic rings. The number of benzene rings is 1. The zero-order valence-electron chi connectivity index (χ0n) is 8.40. The maximum Gasteiger partial charge on any atom is 0.344 e. The third-order valence-electron chi connectivity index (χ3n) is 2.98. The molecule has 0 radical (unpaired) electrons. The second kappa shape index (κ2) is 3.64. The average molecular weight is 206 g/mol. The van der Waals surface area contributed by atoms with Crippen LogP contribution in [-0.4, -0.2) is 11.5 Å². The molecule has 0 saturated carbocycles. The fraction of sp³-hybridized carbons (Fsp3) is 0.364. The van der Waals surface area contributed by atoms with E-state index in [2.05, 4.69) is 10.9 Å². The minimum absolute atomic E-state index is 0.499. The fourth-order valence-electron chi connectivity index (χ4n) is 2.05. The quantitative estimate of drug-likeness (QED) is 0.647. The summed E-state index contributed by atoms with van der Waals surface area (Å²) in [5.74, 6) is 4.35. The minimum atomic E-state index is -0.955. The molecule has 4 N–H and O–H groups in total. The summed E-state index contributed by atoms with van der Waals surface area (Å²) in [4.78, 5) is 15.7. The van der Waals surface area contributed by atoms with Gasteiger partial charge in [0, 0.05) is 6.42 Å². The van der Waals surface area contributed by atoms with Crippen molar-refractivity contribution in [2.24, 2.45) is 11.6 Å². The van der Waals surface area contributed by atoms with E-state index < -0.39 is 11.5 Å². The van der Waals surface area contributed by atoms with Crippen LogP contribution >= 0.6 is 0 Å². The highest BCUT2D eigenvalue weighted by molar-refractivity contribution is 5.81. The molecule has 1 aliphatic rings. The third kappa shape index (κ3) is 1.73. The van der Waals surface area contributed by atoms with Gasteiger partial charge in [0.05, 0.1) is 0 Å². The van der Waals surface area contributed by atoms with Crippen LogP contribution in [0.1, 0.15) is 17.5 Å². The van der Waals surface area contributed by atoms with Crippen LogP contribution < -0.4 is 11.6 Å². The number of rotatable bonds is 1. The van der Waals surface area contributed by atoms with E-state index in [0.717, 1.165) is 12.0 Å². The molecule has 0 aliphatic heterocycles. The van der Waals surface area contributed by atoms with Crippen molar-refractivity contribution in [3.05, 3.63) is 35.4 Å². The van der Waals surface area contributed by atoms with Crippen LogP contribution in [-0.2, 0) is 22.5 Å². The largest absolute Gasteiger partial charge is 0.372 e. The van der Waals surface area contributed by atoms with E-state index in [4.69, 9.17) is 11.6 Å². The van der Waals surface area contributed by atoms with Crippen molar-refractivity contribution in [1.29, 1.82) is 0 Å². The monoisotopic (exact) mass is 206 g/mol. The van der Waals surface area contributed by atoms with Crippen molar-refractivity contribution in [2.75, 3.05) is 0 Å². The van der Waals surface area contributed by atoms with Crippen LogP contribution in [0.25, 0.3) is 0 Å². The van der Waals surface area contributed by atoms with Crippen LogP contribution in [0.4, 0.5) is 0 Å². The summed E-state index contributed by atoms with van der Waals surface area (Å²) in [6, 6.07) is 7.98. The summed E-state index contributed by atoms with van der Waals surface area (Å²) in [5.41, 5.74) is 7.38. The molecular formula is C11H14N2O2. The SMILES string of the molecule is NOC(=O)C1(N)CCc2ccccc2C1. The number of hydrogen-bond acceptors (Lipinski definition) is 4. The van der Waals surface area contributed by atoms with Gasteiger partial charge in [0.25, 0.3) is 0 Å². The lowest BCUT2D eigenvalue weighted by Gasteiger charge is -2.31. The van der Waals surface area contributed by atoms with Crippen LogP contribution in [0.5, 0.6) is 0 Å². The van der Waals surface area contributed by atoms with E-state index in [1.54, 1.807) is 0 Å². The summed E-state index contributed by atoms with van der Waals surface area (Å²) in [6.07, 6.45) is 1.88. The average Bonchev–Trinajstić information content (AvgIpc) is 2.27. The predicted octanol–water partition coefficient (Wildman–Crippen LogP) is 0.290. The fourth-order valence-corrected chi connectivity index (χ4v) is 2.05. The van der Waals surface area contributed by atoms with Gasteiger partial charge in [-0.05, 0) is 24.0 Å². The molecule has 1 atom stereocenters. The van der Waals surface area contributed by atoms with Crippen molar-refractivity contribution in [3.63, 3.8) is 0 Å². The molecule has 0 heterocycles. The minimum Gasteiger partial charge on any atom is -0.372 e. The van der Waals surface area contributed by atoms with Crippen LogP contribution in [0.3, 0.4) is 0 Å². The van der Waals surface area contributed by atoms with Gasteiger partial charge in [0.2, 0.25) is 0 Å². The molecule has 2 rings (SSSR count). The van der Waals surface area contributed by atoms with Crippen LogP contribution in [0.2, 0.25) is 0 Å². The third-order valence-corrected chi connectivity index (χ3v) is 2.98. The maximum absolute atomic E-state index is 11.4. The number of hydrogen-bond donors (Lipinski definition) is 2. The Balaban J connectivity index is 2.28. The lowest BCUT2D eigenvalue weighted by molar-refractivity contribution is -0.151. The molecule has 1 aromatic carbocycles. The zero-order chi connectivity index (χ0) is 10.9. The van der Waals surface area contributed by atoms with Crippen molar-refractivity contribution >= 4 is 5.97 Å². The van der Waals surface area contributed by atoms with E-state index in [0.29, 0.717) is 12.8 Å². The molecule has 80 valence electrons. The Morgan fingerprint density at radius 3 is 2.67 bits per heavy atom. The summed E-state index contributed by atoms with van der Waals surface area (Å²) in [7, 11) is 0. The van der Waals surface area contributed by atoms with Gasteiger partial charge in [0.15, 0.2) is 0 Å². The van der Waals surface area contributed by atoms with Gasteiger partial charge >= 0.3 is 5.97 Å². The van der Waals surface area contributed by atoms with Crippen LogP contribution in [0.15, 0.2) is 24.3 Å². The Bertz CT molecular complexity index is 392. The Hall–Kier alpha value is -1.39. The Morgan fingerprint density at radius 1 is 1.33 bits per heavy atom. The van der Waals surface area contributed by atoms with Gasteiger partial charge in [-0.3, -0.25) is 0 Å². The Kier molecular flexibility index (Phi) is 2.46. The number of aryl methyl sites for hydroxylation is 1. The van der Waals surface area contributed by atoms with Gasteiger partial charge < -0.3 is 10.6 Å². The first-order valence-electron chi connectivity index (χ1n) is 4.92. The van der Waals surface area contributed by atoms with E-state index in [1.165, 1.54) is 5.56 Å². The highest BCUT2D eigenvalue weighted by Crippen LogP contribution is 2.27. The van der Waals surface area contributed by atoms with E-state index in [9.17, 15) is 4.79 Å². The summed E-state index contributed by atoms with van der Waals surface area (Å²) in [6.45, 7) is 0. The Labute approximate surface area is 88.2 Å². The first-order chi connectivity index (χ1) is 7.15.